The van der Waals surface area contributed by atoms with Gasteiger partial charge in [0.05, 0.1) is 0 Å². The Hall–Kier alpha value is -1.27. The lowest BCUT2D eigenvalue weighted by Crippen LogP contribution is -2.69. The Morgan fingerprint density at radius 2 is 1.88 bits per heavy atom. The molecule has 0 aromatic rings. The van der Waals surface area contributed by atoms with Gasteiger partial charge in [-0.25, -0.2) is 0 Å². The van der Waals surface area contributed by atoms with Crippen LogP contribution in [0.4, 0.5) is 13.2 Å². The number of hydrogen-bond acceptors (Lipinski definition) is 2. The number of hydrogen-bond donors (Lipinski definition) is 1. The lowest BCUT2D eigenvalue weighted by atomic mass is 9.96. The fourth-order valence-electron chi connectivity index (χ4n) is 1.87. The molecule has 0 aromatic heterocycles. The minimum absolute atomic E-state index is 0.156. The van der Waals surface area contributed by atoms with Crippen LogP contribution >= 0.6 is 0 Å². The van der Waals surface area contributed by atoms with Gasteiger partial charge in [-0.05, 0) is 20.3 Å². The van der Waals surface area contributed by atoms with Crippen LogP contribution in [0.25, 0.3) is 0 Å². The van der Waals surface area contributed by atoms with Gasteiger partial charge in [0.1, 0.15) is 18.1 Å². The minimum atomic E-state index is -4.50. The second kappa shape index (κ2) is 4.19. The molecule has 0 saturated carbocycles. The average Bonchev–Trinajstić information content (AvgIpc) is 2.11. The molecule has 1 saturated heterocycles. The van der Waals surface area contributed by atoms with Gasteiger partial charge in [0.2, 0.25) is 11.8 Å². The van der Waals surface area contributed by atoms with Gasteiger partial charge in [-0.3, -0.25) is 9.59 Å². The van der Waals surface area contributed by atoms with Crippen LogP contribution in [0.5, 0.6) is 0 Å². The Labute approximate surface area is 97.1 Å². The molecule has 1 N–H and O–H groups in total. The number of amides is 2. The number of carbonyl (C=O) groups is 2. The number of nitrogens with zero attached hydrogens (tertiary/aromatic N) is 1. The highest BCUT2D eigenvalue weighted by Crippen LogP contribution is 2.25. The van der Waals surface area contributed by atoms with Crippen LogP contribution < -0.4 is 5.32 Å². The van der Waals surface area contributed by atoms with Crippen LogP contribution in [-0.2, 0) is 9.59 Å². The first kappa shape index (κ1) is 13.8. The highest BCUT2D eigenvalue weighted by molar-refractivity contribution is 5.99. The highest BCUT2D eigenvalue weighted by atomic mass is 19.4. The summed E-state index contributed by atoms with van der Waals surface area (Å²) in [6.07, 6.45) is -4.35. The Morgan fingerprint density at radius 3 is 2.29 bits per heavy atom. The molecule has 2 amide bonds. The van der Waals surface area contributed by atoms with Gasteiger partial charge in [-0.2, -0.15) is 13.2 Å². The van der Waals surface area contributed by atoms with E-state index in [0.717, 1.165) is 0 Å². The average molecular weight is 252 g/mol. The van der Waals surface area contributed by atoms with Crippen LogP contribution in [0.2, 0.25) is 0 Å². The van der Waals surface area contributed by atoms with Gasteiger partial charge in [0.25, 0.3) is 0 Å². The predicted molar refractivity (Wildman–Crippen MR) is 54.1 cm³/mol. The summed E-state index contributed by atoms with van der Waals surface area (Å²) in [5, 5.41) is 2.42. The zero-order chi connectivity index (χ0) is 13.4. The number of alkyl halides is 3. The van der Waals surface area contributed by atoms with E-state index in [1.54, 1.807) is 6.92 Å². The van der Waals surface area contributed by atoms with Crippen molar-refractivity contribution in [3.8, 4) is 0 Å². The molecule has 0 spiro atoms. The normalized spacial score (nSPS) is 24.8. The molecule has 7 heteroatoms. The van der Waals surface area contributed by atoms with Crippen molar-refractivity contribution in [3.05, 3.63) is 0 Å². The fraction of sp³-hybridized carbons (Fsp3) is 0.800. The predicted octanol–water partition coefficient (Wildman–Crippen LogP) is 1.06. The van der Waals surface area contributed by atoms with Crippen LogP contribution in [0.1, 0.15) is 27.2 Å². The van der Waals surface area contributed by atoms with E-state index in [1.807, 2.05) is 0 Å². The van der Waals surface area contributed by atoms with Gasteiger partial charge >= 0.3 is 6.18 Å². The van der Waals surface area contributed by atoms with Crippen molar-refractivity contribution in [1.82, 2.24) is 10.2 Å². The third kappa shape index (κ3) is 2.89. The zero-order valence-corrected chi connectivity index (χ0v) is 9.89. The lowest BCUT2D eigenvalue weighted by molar-refractivity contribution is -0.177. The standard InChI is InChI=1S/C10H15F3N2O2/c1-4-6-7(16)14-9(2,3)8(17)15(6)5-10(11,12)13/h6H,4-5H2,1-3H3,(H,14,16). The largest absolute Gasteiger partial charge is 0.406 e. The molecule has 1 aliphatic heterocycles. The molecule has 1 atom stereocenters. The second-order valence-corrected chi connectivity index (χ2v) is 4.59. The number of halogens is 3. The SMILES string of the molecule is CCC1C(=O)NC(C)(C)C(=O)N1CC(F)(F)F. The van der Waals surface area contributed by atoms with E-state index < -0.39 is 36.1 Å². The molecule has 1 heterocycles. The van der Waals surface area contributed by atoms with E-state index in [1.165, 1.54) is 13.8 Å². The first-order valence-electron chi connectivity index (χ1n) is 5.28. The quantitative estimate of drug-likeness (QED) is 0.799. The van der Waals surface area contributed by atoms with E-state index in [4.69, 9.17) is 0 Å². The fourth-order valence-corrected chi connectivity index (χ4v) is 1.87. The van der Waals surface area contributed by atoms with Crippen molar-refractivity contribution in [1.29, 1.82) is 0 Å². The molecule has 98 valence electrons. The van der Waals surface area contributed by atoms with E-state index in [9.17, 15) is 22.8 Å². The maximum absolute atomic E-state index is 12.4. The van der Waals surface area contributed by atoms with Crippen LogP contribution in [0, 0.1) is 0 Å². The molecule has 0 radical (unpaired) electrons. The molecular weight excluding hydrogens is 237 g/mol. The van der Waals surface area contributed by atoms with Crippen molar-refractivity contribution < 1.29 is 22.8 Å². The molecule has 0 aliphatic carbocycles. The van der Waals surface area contributed by atoms with Crippen molar-refractivity contribution in [3.63, 3.8) is 0 Å². The smallest absolute Gasteiger partial charge is 0.340 e. The van der Waals surface area contributed by atoms with Gasteiger partial charge < -0.3 is 10.2 Å². The van der Waals surface area contributed by atoms with E-state index in [0.29, 0.717) is 4.90 Å². The maximum atomic E-state index is 12.4. The van der Waals surface area contributed by atoms with E-state index in [-0.39, 0.29) is 6.42 Å². The molecule has 4 nitrogen and oxygen atoms in total. The molecule has 1 unspecified atom stereocenters. The Morgan fingerprint density at radius 1 is 1.35 bits per heavy atom. The molecular formula is C10H15F3N2O2. The Bertz CT molecular complexity index is 339. The van der Waals surface area contributed by atoms with Gasteiger partial charge in [-0.1, -0.05) is 6.92 Å². The van der Waals surface area contributed by atoms with Gasteiger partial charge in [0, 0.05) is 0 Å². The van der Waals surface area contributed by atoms with Crippen molar-refractivity contribution in [2.24, 2.45) is 0 Å². The molecule has 1 aliphatic rings. The van der Waals surface area contributed by atoms with Crippen LogP contribution in [0.15, 0.2) is 0 Å². The summed E-state index contributed by atoms with van der Waals surface area (Å²) in [6, 6.07) is -1.04. The monoisotopic (exact) mass is 252 g/mol. The summed E-state index contributed by atoms with van der Waals surface area (Å²) in [5.41, 5.74) is -1.28. The summed E-state index contributed by atoms with van der Waals surface area (Å²) in [6.45, 7) is 2.96. The van der Waals surface area contributed by atoms with Crippen LogP contribution in [-0.4, -0.2) is 41.0 Å². The summed E-state index contributed by atoms with van der Waals surface area (Å²) in [4.78, 5) is 24.1. The Kier molecular flexibility index (Phi) is 3.40. The number of nitrogens with one attached hydrogen (secondary N) is 1. The number of rotatable bonds is 2. The van der Waals surface area contributed by atoms with Gasteiger partial charge in [0.15, 0.2) is 0 Å². The lowest BCUT2D eigenvalue weighted by Gasteiger charge is -2.42. The summed E-state index contributed by atoms with van der Waals surface area (Å²) in [7, 11) is 0. The molecule has 17 heavy (non-hydrogen) atoms. The van der Waals surface area contributed by atoms with Crippen LogP contribution in [0.3, 0.4) is 0 Å². The second-order valence-electron chi connectivity index (χ2n) is 4.59. The molecule has 0 aromatic carbocycles. The first-order chi connectivity index (χ1) is 7.58. The van der Waals surface area contributed by atoms with Crippen molar-refractivity contribution in [2.45, 2.75) is 44.9 Å². The topological polar surface area (TPSA) is 49.4 Å². The zero-order valence-electron chi connectivity index (χ0n) is 9.89. The molecule has 0 bridgehead atoms. The highest BCUT2D eigenvalue weighted by Gasteiger charge is 2.48. The van der Waals surface area contributed by atoms with E-state index in [2.05, 4.69) is 5.32 Å². The van der Waals surface area contributed by atoms with Crippen molar-refractivity contribution >= 4 is 11.8 Å². The third-order valence-corrected chi connectivity index (χ3v) is 2.65. The number of carbonyl (C=O) groups excluding carboxylic acids is 2. The van der Waals surface area contributed by atoms with E-state index >= 15 is 0 Å². The third-order valence-electron chi connectivity index (χ3n) is 2.65. The summed E-state index contributed by atoms with van der Waals surface area (Å²) < 4.78 is 37.1. The maximum Gasteiger partial charge on any atom is 0.406 e. The van der Waals surface area contributed by atoms with Crippen molar-refractivity contribution in [2.75, 3.05) is 6.54 Å². The molecule has 1 fully saturated rings. The minimum Gasteiger partial charge on any atom is -0.340 e. The summed E-state index contributed by atoms with van der Waals surface area (Å²) in [5.74, 6) is -1.25. The Balaban J connectivity index is 3.02. The number of piperazine rings is 1. The first-order valence-corrected chi connectivity index (χ1v) is 5.28. The molecule has 1 rings (SSSR count). The summed E-state index contributed by atoms with van der Waals surface area (Å²) >= 11 is 0. The van der Waals surface area contributed by atoms with Gasteiger partial charge in [-0.15, -0.1) is 0 Å².